The molecule has 0 spiro atoms. The van der Waals surface area contributed by atoms with Gasteiger partial charge < -0.3 is 4.74 Å². The summed E-state index contributed by atoms with van der Waals surface area (Å²) < 4.78 is 6.63. The van der Waals surface area contributed by atoms with Gasteiger partial charge in [0.05, 0.1) is 17.1 Å². The van der Waals surface area contributed by atoms with Gasteiger partial charge in [-0.15, -0.1) is 11.3 Å². The summed E-state index contributed by atoms with van der Waals surface area (Å²) in [5.74, 6) is -1.30. The lowest BCUT2D eigenvalue weighted by Crippen LogP contribution is -2.32. The molecule has 1 N–H and O–H groups in total. The van der Waals surface area contributed by atoms with E-state index in [4.69, 9.17) is 4.74 Å². The second-order valence-electron chi connectivity index (χ2n) is 7.68. The predicted octanol–water partition coefficient (Wildman–Crippen LogP) is 4.28. The van der Waals surface area contributed by atoms with Crippen LogP contribution in [0.4, 0.5) is 5.13 Å². The maximum absolute atomic E-state index is 12.9. The fourth-order valence-corrected chi connectivity index (χ4v) is 3.98. The molecule has 0 fully saturated rings. The van der Waals surface area contributed by atoms with Crippen molar-refractivity contribution in [3.05, 3.63) is 76.0 Å². The molecular weight excluding hydrogens is 440 g/mol. The van der Waals surface area contributed by atoms with Crippen LogP contribution in [-0.2, 0) is 9.53 Å². The zero-order valence-corrected chi connectivity index (χ0v) is 19.1. The van der Waals surface area contributed by atoms with E-state index in [1.165, 1.54) is 22.9 Å². The Morgan fingerprint density at radius 2 is 1.67 bits per heavy atom. The average Bonchev–Trinajstić information content (AvgIpc) is 3.28. The molecule has 0 saturated heterocycles. The van der Waals surface area contributed by atoms with Crippen LogP contribution in [0.2, 0.25) is 0 Å². The number of rotatable bonds is 6. The fraction of sp³-hybridized carbons (Fsp3) is 0.208. The van der Waals surface area contributed by atoms with Gasteiger partial charge >= 0.3 is 5.97 Å². The van der Waals surface area contributed by atoms with Crippen LogP contribution in [0.1, 0.15) is 37.3 Å². The third-order valence-electron chi connectivity index (χ3n) is 4.97. The van der Waals surface area contributed by atoms with E-state index in [1.807, 2.05) is 35.7 Å². The molecule has 9 heteroatoms. The first-order chi connectivity index (χ1) is 15.8. The summed E-state index contributed by atoms with van der Waals surface area (Å²) in [4.78, 5) is 42.6. The second-order valence-corrected chi connectivity index (χ2v) is 8.54. The molecule has 1 atom stereocenters. The summed E-state index contributed by atoms with van der Waals surface area (Å²) in [6.07, 6.45) is -1.10. The molecule has 33 heavy (non-hydrogen) atoms. The Bertz CT molecular complexity index is 1380. The number of carbonyl (C=O) groups is 2. The first-order valence-corrected chi connectivity index (χ1v) is 11.3. The maximum Gasteiger partial charge on any atom is 0.360 e. The average molecular weight is 463 g/mol. The molecule has 2 heterocycles. The second kappa shape index (κ2) is 9.33. The highest BCUT2D eigenvalue weighted by Gasteiger charge is 2.24. The molecule has 8 nitrogen and oxygen atoms in total. The Balaban J connectivity index is 1.52. The minimum Gasteiger partial charge on any atom is -0.448 e. The maximum atomic E-state index is 12.9. The van der Waals surface area contributed by atoms with E-state index < -0.39 is 18.0 Å². The Morgan fingerprint density at radius 1 is 1.00 bits per heavy atom. The molecule has 0 aliphatic rings. The number of hydrogen-bond donors (Lipinski definition) is 1. The number of hydrogen-bond acceptors (Lipinski definition) is 7. The predicted molar refractivity (Wildman–Crippen MR) is 127 cm³/mol. The minimum atomic E-state index is -1.10. The van der Waals surface area contributed by atoms with Gasteiger partial charge in [-0.25, -0.2) is 14.5 Å². The van der Waals surface area contributed by atoms with E-state index in [-0.39, 0.29) is 17.3 Å². The number of carbonyl (C=O) groups excluding carboxylic acids is 2. The van der Waals surface area contributed by atoms with Crippen LogP contribution in [-0.4, -0.2) is 32.7 Å². The minimum absolute atomic E-state index is 0.0147. The smallest absolute Gasteiger partial charge is 0.360 e. The van der Waals surface area contributed by atoms with Crippen molar-refractivity contribution >= 4 is 39.1 Å². The number of esters is 1. The highest BCUT2D eigenvalue weighted by molar-refractivity contribution is 7.14. The first kappa shape index (κ1) is 22.3. The lowest BCUT2D eigenvalue weighted by Gasteiger charge is -2.15. The molecular formula is C24H22N4O4S. The van der Waals surface area contributed by atoms with E-state index in [1.54, 1.807) is 38.1 Å². The molecule has 2 aromatic carbocycles. The van der Waals surface area contributed by atoms with Crippen molar-refractivity contribution in [1.29, 1.82) is 0 Å². The van der Waals surface area contributed by atoms with E-state index >= 15 is 0 Å². The Hall–Kier alpha value is -3.85. The molecule has 2 aromatic heterocycles. The molecule has 4 aromatic rings. The Morgan fingerprint density at radius 3 is 2.36 bits per heavy atom. The van der Waals surface area contributed by atoms with Gasteiger partial charge in [-0.05, 0) is 26.8 Å². The summed E-state index contributed by atoms with van der Waals surface area (Å²) >= 11 is 1.28. The van der Waals surface area contributed by atoms with Gasteiger partial charge in [0.1, 0.15) is 0 Å². The number of benzene rings is 2. The van der Waals surface area contributed by atoms with Gasteiger partial charge in [0.2, 0.25) is 0 Å². The van der Waals surface area contributed by atoms with Crippen LogP contribution < -0.4 is 10.9 Å². The van der Waals surface area contributed by atoms with Gasteiger partial charge in [-0.1, -0.05) is 48.5 Å². The van der Waals surface area contributed by atoms with E-state index in [2.05, 4.69) is 15.4 Å². The van der Waals surface area contributed by atoms with E-state index in [0.29, 0.717) is 15.9 Å². The van der Waals surface area contributed by atoms with E-state index in [9.17, 15) is 14.4 Å². The molecule has 0 bridgehead atoms. The van der Waals surface area contributed by atoms with E-state index in [0.717, 1.165) is 11.3 Å². The van der Waals surface area contributed by atoms with Crippen molar-refractivity contribution in [2.75, 3.05) is 5.32 Å². The molecule has 0 aliphatic carbocycles. The van der Waals surface area contributed by atoms with Crippen LogP contribution in [0.25, 0.3) is 22.0 Å². The number of fused-ring (bicyclic) bond motifs is 1. The number of nitrogens with one attached hydrogen (secondary N) is 1. The SMILES string of the molecule is CC(C)n1nc(C(=O)O[C@@H](C)C(=O)Nc2nc(-c3ccccc3)cs2)c2ccccc2c1=O. The van der Waals surface area contributed by atoms with Crippen molar-refractivity contribution < 1.29 is 14.3 Å². The van der Waals surface area contributed by atoms with Crippen LogP contribution in [0.5, 0.6) is 0 Å². The Labute approximate surface area is 193 Å². The number of thiazole rings is 1. The highest BCUT2D eigenvalue weighted by atomic mass is 32.1. The highest BCUT2D eigenvalue weighted by Crippen LogP contribution is 2.25. The van der Waals surface area contributed by atoms with Crippen LogP contribution in [0.3, 0.4) is 0 Å². The zero-order valence-electron chi connectivity index (χ0n) is 18.3. The number of anilines is 1. The van der Waals surface area contributed by atoms with Gasteiger partial charge in [-0.3, -0.25) is 14.9 Å². The number of ether oxygens (including phenoxy) is 1. The summed E-state index contributed by atoms with van der Waals surface area (Å²) in [6, 6.07) is 16.0. The summed E-state index contributed by atoms with van der Waals surface area (Å²) in [5.41, 5.74) is 1.37. The topological polar surface area (TPSA) is 103 Å². The lowest BCUT2D eigenvalue weighted by molar-refractivity contribution is -0.123. The quantitative estimate of drug-likeness (QED) is 0.429. The van der Waals surface area contributed by atoms with Gasteiger partial charge in [0.15, 0.2) is 16.9 Å². The third-order valence-corrected chi connectivity index (χ3v) is 5.73. The Kier molecular flexibility index (Phi) is 6.32. The standard InChI is InChI=1S/C24H22N4O4S/c1-14(2)28-22(30)18-12-8-7-11-17(18)20(27-28)23(31)32-15(3)21(29)26-24-25-19(13-33-24)16-9-5-4-6-10-16/h4-15H,1-3H3,(H,25,26,29)/t15-/m0/s1. The molecule has 4 rings (SSSR count). The molecule has 0 aliphatic heterocycles. The lowest BCUT2D eigenvalue weighted by atomic mass is 10.1. The third kappa shape index (κ3) is 4.68. The normalized spacial score (nSPS) is 12.0. The zero-order chi connectivity index (χ0) is 23.5. The van der Waals surface area contributed by atoms with Crippen LogP contribution in [0, 0.1) is 0 Å². The van der Waals surface area contributed by atoms with Crippen molar-refractivity contribution in [2.24, 2.45) is 0 Å². The molecule has 0 unspecified atom stereocenters. The summed E-state index contributed by atoms with van der Waals surface area (Å²) in [7, 11) is 0. The van der Waals surface area contributed by atoms with Crippen molar-refractivity contribution in [2.45, 2.75) is 32.9 Å². The van der Waals surface area contributed by atoms with Crippen LogP contribution in [0.15, 0.2) is 64.8 Å². The van der Waals surface area contributed by atoms with Crippen molar-refractivity contribution in [1.82, 2.24) is 14.8 Å². The molecule has 0 saturated carbocycles. The largest absolute Gasteiger partial charge is 0.448 e. The molecule has 0 radical (unpaired) electrons. The van der Waals surface area contributed by atoms with Gasteiger partial charge in [-0.2, -0.15) is 5.10 Å². The van der Waals surface area contributed by atoms with Crippen molar-refractivity contribution in [3.8, 4) is 11.3 Å². The number of amides is 1. The fourth-order valence-electron chi connectivity index (χ4n) is 3.26. The first-order valence-electron chi connectivity index (χ1n) is 10.4. The van der Waals surface area contributed by atoms with Gasteiger partial charge in [0.25, 0.3) is 11.5 Å². The number of aromatic nitrogens is 3. The summed E-state index contributed by atoms with van der Waals surface area (Å²) in [6.45, 7) is 5.07. The van der Waals surface area contributed by atoms with Crippen LogP contribution >= 0.6 is 11.3 Å². The summed E-state index contributed by atoms with van der Waals surface area (Å²) in [5, 5.41) is 9.88. The monoisotopic (exact) mass is 462 g/mol. The molecule has 1 amide bonds. The number of nitrogens with zero attached hydrogens (tertiary/aromatic N) is 3. The van der Waals surface area contributed by atoms with Crippen molar-refractivity contribution in [3.63, 3.8) is 0 Å². The van der Waals surface area contributed by atoms with Gasteiger partial charge in [0, 0.05) is 16.3 Å². The molecule has 168 valence electrons.